The number of aromatic amines is 1. The first-order chi connectivity index (χ1) is 16.7. The highest BCUT2D eigenvalue weighted by Gasteiger charge is 2.32. The molecule has 4 N–H and O–H groups in total. The minimum Gasteiger partial charge on any atom is -0.366 e. The standard InChI is InChI=1S/C24H28N6O4S/c1-16-7-11-30(12-8-16)24(32)20(9-13-29-10-3-4-17(29)14-25)28-35(33,34)21-6-2-5-19-22(21)18(15-27-19)23(26)31/h2-6,10,15-16,20,27-28H,7-9,11-13H2,1H3,(H2,26,31). The molecule has 1 saturated heterocycles. The van der Waals surface area contributed by atoms with Crippen molar-refractivity contribution in [3.8, 4) is 6.07 Å². The summed E-state index contributed by atoms with van der Waals surface area (Å²) in [6.45, 7) is 3.53. The van der Waals surface area contributed by atoms with Crippen LogP contribution in [0.15, 0.2) is 47.6 Å². The van der Waals surface area contributed by atoms with Crippen LogP contribution in [0.1, 0.15) is 42.2 Å². The fraction of sp³-hybridized carbons (Fsp3) is 0.375. The number of nitrogens with zero attached hydrogens (tertiary/aromatic N) is 3. The minimum absolute atomic E-state index is 0.0554. The number of nitrogens with one attached hydrogen (secondary N) is 2. The number of sulfonamides is 1. The number of amides is 2. The lowest BCUT2D eigenvalue weighted by Crippen LogP contribution is -2.51. The molecule has 184 valence electrons. The number of aryl methyl sites for hydroxylation is 1. The van der Waals surface area contributed by atoms with Crippen molar-refractivity contribution in [3.63, 3.8) is 0 Å². The van der Waals surface area contributed by atoms with E-state index in [0.29, 0.717) is 30.2 Å². The highest BCUT2D eigenvalue weighted by atomic mass is 32.2. The Morgan fingerprint density at radius 1 is 1.26 bits per heavy atom. The number of carbonyl (C=O) groups excluding carboxylic acids is 2. The van der Waals surface area contributed by atoms with Crippen molar-refractivity contribution < 1.29 is 18.0 Å². The van der Waals surface area contributed by atoms with Gasteiger partial charge in [-0.2, -0.15) is 9.98 Å². The SMILES string of the molecule is CC1CCN(C(=O)C(CCn2cccc2C#N)NS(=O)(=O)c2cccc3[nH]cc(C(N)=O)c23)CC1. The van der Waals surface area contributed by atoms with Gasteiger partial charge in [0, 0.05) is 42.9 Å². The van der Waals surface area contributed by atoms with Gasteiger partial charge in [0.05, 0.1) is 10.5 Å². The first-order valence-electron chi connectivity index (χ1n) is 11.5. The summed E-state index contributed by atoms with van der Waals surface area (Å²) in [7, 11) is -4.21. The van der Waals surface area contributed by atoms with E-state index < -0.39 is 22.0 Å². The summed E-state index contributed by atoms with van der Waals surface area (Å²) >= 11 is 0. The molecule has 3 heterocycles. The summed E-state index contributed by atoms with van der Waals surface area (Å²) < 4.78 is 31.4. The van der Waals surface area contributed by atoms with Crippen LogP contribution < -0.4 is 10.5 Å². The molecule has 1 aliphatic rings. The monoisotopic (exact) mass is 496 g/mol. The number of nitriles is 1. The van der Waals surface area contributed by atoms with Gasteiger partial charge in [-0.25, -0.2) is 8.42 Å². The van der Waals surface area contributed by atoms with Crippen LogP contribution >= 0.6 is 0 Å². The number of likely N-dealkylation sites (tertiary alicyclic amines) is 1. The first kappa shape index (κ1) is 24.5. The van der Waals surface area contributed by atoms with Gasteiger partial charge in [0.25, 0.3) is 5.91 Å². The van der Waals surface area contributed by atoms with E-state index in [1.165, 1.54) is 12.3 Å². The summed E-state index contributed by atoms with van der Waals surface area (Å²) in [5.41, 5.74) is 6.39. The lowest BCUT2D eigenvalue weighted by atomic mass is 9.98. The van der Waals surface area contributed by atoms with Crippen molar-refractivity contribution >= 4 is 32.7 Å². The van der Waals surface area contributed by atoms with Crippen LogP contribution in [0.2, 0.25) is 0 Å². The molecule has 1 unspecified atom stereocenters. The molecule has 1 atom stereocenters. The highest BCUT2D eigenvalue weighted by molar-refractivity contribution is 7.89. The Morgan fingerprint density at radius 2 is 2.00 bits per heavy atom. The summed E-state index contributed by atoms with van der Waals surface area (Å²) in [6, 6.07) is 9.01. The molecule has 10 nitrogen and oxygen atoms in total. The van der Waals surface area contributed by atoms with Crippen molar-refractivity contribution in [2.24, 2.45) is 11.7 Å². The number of piperidine rings is 1. The first-order valence-corrected chi connectivity index (χ1v) is 13.0. The topological polar surface area (TPSA) is 154 Å². The zero-order chi connectivity index (χ0) is 25.2. The number of hydrogen-bond acceptors (Lipinski definition) is 5. The normalized spacial score (nSPS) is 15.7. The largest absolute Gasteiger partial charge is 0.366 e. The van der Waals surface area contributed by atoms with Gasteiger partial charge in [0.1, 0.15) is 17.8 Å². The van der Waals surface area contributed by atoms with Gasteiger partial charge in [-0.1, -0.05) is 13.0 Å². The molecule has 0 radical (unpaired) electrons. The average molecular weight is 497 g/mol. The van der Waals surface area contributed by atoms with E-state index in [1.54, 1.807) is 39.9 Å². The Bertz CT molecular complexity index is 1390. The number of primary amides is 1. The summed E-state index contributed by atoms with van der Waals surface area (Å²) in [5.74, 6) is -0.557. The van der Waals surface area contributed by atoms with Crippen LogP contribution in [-0.2, 0) is 21.4 Å². The lowest BCUT2D eigenvalue weighted by molar-refractivity contribution is -0.134. The van der Waals surface area contributed by atoms with Crippen molar-refractivity contribution in [1.29, 1.82) is 5.26 Å². The molecule has 0 aliphatic carbocycles. The number of carbonyl (C=O) groups is 2. The number of H-pyrrole nitrogens is 1. The number of benzene rings is 1. The second-order valence-electron chi connectivity index (χ2n) is 8.91. The second kappa shape index (κ2) is 9.93. The number of aromatic nitrogens is 2. The minimum atomic E-state index is -4.21. The Hall–Kier alpha value is -3.62. The summed E-state index contributed by atoms with van der Waals surface area (Å²) in [6.07, 6.45) is 4.95. The number of hydrogen-bond donors (Lipinski definition) is 3. The van der Waals surface area contributed by atoms with E-state index >= 15 is 0 Å². The third kappa shape index (κ3) is 5.08. The molecule has 0 spiro atoms. The van der Waals surface area contributed by atoms with Crippen molar-refractivity contribution in [2.75, 3.05) is 13.1 Å². The average Bonchev–Trinajstić information content (AvgIpc) is 3.48. The molecule has 3 aromatic rings. The van der Waals surface area contributed by atoms with Crippen LogP contribution in [-0.4, -0.2) is 53.8 Å². The zero-order valence-electron chi connectivity index (χ0n) is 19.4. The number of rotatable bonds is 8. The van der Waals surface area contributed by atoms with Crippen molar-refractivity contribution in [3.05, 3.63) is 54.0 Å². The second-order valence-corrected chi connectivity index (χ2v) is 10.6. The van der Waals surface area contributed by atoms with E-state index in [2.05, 4.69) is 22.7 Å². The van der Waals surface area contributed by atoms with Crippen LogP contribution in [0.3, 0.4) is 0 Å². The maximum Gasteiger partial charge on any atom is 0.250 e. The van der Waals surface area contributed by atoms with Gasteiger partial charge in [0.15, 0.2) is 0 Å². The molecular formula is C24H28N6O4S. The van der Waals surface area contributed by atoms with Gasteiger partial charge in [-0.05, 0) is 49.4 Å². The molecule has 4 rings (SSSR count). The van der Waals surface area contributed by atoms with Gasteiger partial charge in [0.2, 0.25) is 15.9 Å². The number of fused-ring (bicyclic) bond motifs is 1. The Labute approximate surface area is 203 Å². The molecule has 1 aliphatic heterocycles. The molecule has 2 aromatic heterocycles. The fourth-order valence-corrected chi connectivity index (χ4v) is 5.95. The molecule has 35 heavy (non-hydrogen) atoms. The molecule has 1 aromatic carbocycles. The molecule has 11 heteroatoms. The van der Waals surface area contributed by atoms with E-state index in [9.17, 15) is 23.3 Å². The summed E-state index contributed by atoms with van der Waals surface area (Å²) in [4.78, 5) is 29.8. The Morgan fingerprint density at radius 3 is 2.69 bits per heavy atom. The smallest absolute Gasteiger partial charge is 0.250 e. The third-order valence-electron chi connectivity index (χ3n) is 6.52. The van der Waals surface area contributed by atoms with Gasteiger partial charge in [-0.3, -0.25) is 9.59 Å². The fourth-order valence-electron chi connectivity index (χ4n) is 4.48. The predicted octanol–water partition coefficient (Wildman–Crippen LogP) is 1.94. The molecule has 2 amide bonds. The van der Waals surface area contributed by atoms with Crippen molar-refractivity contribution in [2.45, 2.75) is 43.7 Å². The third-order valence-corrected chi connectivity index (χ3v) is 8.03. The predicted molar refractivity (Wildman–Crippen MR) is 130 cm³/mol. The molecule has 1 fully saturated rings. The van der Waals surface area contributed by atoms with Gasteiger partial charge in [-0.15, -0.1) is 0 Å². The Kier molecular flexibility index (Phi) is 6.95. The van der Waals surface area contributed by atoms with E-state index in [1.807, 2.05) is 0 Å². The summed E-state index contributed by atoms with van der Waals surface area (Å²) in [5, 5.41) is 9.48. The quantitative estimate of drug-likeness (QED) is 0.435. The molecular weight excluding hydrogens is 468 g/mol. The van der Waals surface area contributed by atoms with E-state index in [0.717, 1.165) is 12.8 Å². The van der Waals surface area contributed by atoms with Crippen LogP contribution in [0.5, 0.6) is 0 Å². The zero-order valence-corrected chi connectivity index (χ0v) is 20.2. The number of nitrogens with two attached hydrogens (primary N) is 1. The van der Waals surface area contributed by atoms with E-state index in [-0.39, 0.29) is 34.7 Å². The van der Waals surface area contributed by atoms with E-state index in [4.69, 9.17) is 5.73 Å². The molecule has 0 saturated carbocycles. The van der Waals surface area contributed by atoms with Crippen LogP contribution in [0.25, 0.3) is 10.9 Å². The van der Waals surface area contributed by atoms with Crippen LogP contribution in [0, 0.1) is 17.2 Å². The van der Waals surface area contributed by atoms with Crippen molar-refractivity contribution in [1.82, 2.24) is 19.2 Å². The lowest BCUT2D eigenvalue weighted by Gasteiger charge is -2.33. The maximum atomic E-state index is 13.5. The van der Waals surface area contributed by atoms with Gasteiger partial charge >= 0.3 is 0 Å². The maximum absolute atomic E-state index is 13.5. The molecule has 0 bridgehead atoms. The van der Waals surface area contributed by atoms with Gasteiger partial charge < -0.3 is 20.2 Å². The highest BCUT2D eigenvalue weighted by Crippen LogP contribution is 2.27. The van der Waals surface area contributed by atoms with Crippen LogP contribution in [0.4, 0.5) is 0 Å². The Balaban J connectivity index is 1.66.